The van der Waals surface area contributed by atoms with Crippen LogP contribution in [0.4, 0.5) is 0 Å². The van der Waals surface area contributed by atoms with E-state index in [9.17, 15) is 4.79 Å². The summed E-state index contributed by atoms with van der Waals surface area (Å²) in [5.41, 5.74) is 2.48. The van der Waals surface area contributed by atoms with Crippen LogP contribution in [0.15, 0.2) is 22.3 Å². The molecule has 2 aromatic heterocycles. The zero-order chi connectivity index (χ0) is 13.9. The summed E-state index contributed by atoms with van der Waals surface area (Å²) in [6, 6.07) is 4.07. The summed E-state index contributed by atoms with van der Waals surface area (Å²) in [7, 11) is 1.33. The number of esters is 1. The number of rotatable bonds is 4. The van der Waals surface area contributed by atoms with E-state index in [2.05, 4.69) is 31.3 Å². The molecule has 0 unspecified atom stereocenters. The normalized spacial score (nSPS) is 13.2. The van der Waals surface area contributed by atoms with Crippen LogP contribution >= 0.6 is 11.8 Å². The second-order valence-corrected chi connectivity index (χ2v) is 5.39. The topological polar surface area (TPSA) is 82.8 Å². The molecule has 0 saturated heterocycles. The maximum atomic E-state index is 11.3. The zero-order valence-electron chi connectivity index (χ0n) is 10.9. The Bertz CT molecular complexity index is 643. The molecule has 7 nitrogen and oxygen atoms in total. The lowest BCUT2D eigenvalue weighted by Gasteiger charge is -2.04. The predicted molar refractivity (Wildman–Crippen MR) is 70.2 cm³/mol. The number of hydrogen-bond donors (Lipinski definition) is 0. The lowest BCUT2D eigenvalue weighted by Crippen LogP contribution is -2.13. The first-order valence-corrected chi connectivity index (χ1v) is 7.07. The van der Waals surface area contributed by atoms with Crippen molar-refractivity contribution >= 4 is 17.7 Å². The zero-order valence-corrected chi connectivity index (χ0v) is 11.8. The molecule has 104 valence electrons. The third-order valence-electron chi connectivity index (χ3n) is 3.10. The van der Waals surface area contributed by atoms with Gasteiger partial charge in [0.1, 0.15) is 11.6 Å². The van der Waals surface area contributed by atoms with Crippen LogP contribution in [-0.2, 0) is 28.9 Å². The quantitative estimate of drug-likeness (QED) is 0.773. The fraction of sp³-hybridized carbons (Fsp3) is 0.417. The highest BCUT2D eigenvalue weighted by atomic mass is 32.2. The molecule has 0 spiro atoms. The Morgan fingerprint density at radius 1 is 1.45 bits per heavy atom. The van der Waals surface area contributed by atoms with E-state index in [4.69, 9.17) is 0 Å². The summed E-state index contributed by atoms with van der Waals surface area (Å²) in [5, 5.41) is 12.6. The van der Waals surface area contributed by atoms with E-state index in [0.717, 1.165) is 30.0 Å². The molecule has 0 amide bonds. The average molecular weight is 291 g/mol. The Morgan fingerprint density at radius 2 is 2.35 bits per heavy atom. The van der Waals surface area contributed by atoms with Gasteiger partial charge in [-0.1, -0.05) is 6.07 Å². The van der Waals surface area contributed by atoms with Gasteiger partial charge in [-0.15, -0.1) is 5.10 Å². The average Bonchev–Trinajstić information content (AvgIpc) is 3.08. The van der Waals surface area contributed by atoms with Crippen molar-refractivity contribution in [2.24, 2.45) is 0 Å². The Balaban J connectivity index is 1.78. The standard InChI is InChI=1S/C12H13N5O2S/c1-19-11(18)7-17-12(14-15-16-17)20-10-6-5-8-3-2-4-9(8)13-10/h5-6H,2-4,7H2,1H3. The van der Waals surface area contributed by atoms with Crippen molar-refractivity contribution in [3.63, 3.8) is 0 Å². The van der Waals surface area contributed by atoms with Gasteiger partial charge in [-0.3, -0.25) is 4.79 Å². The lowest BCUT2D eigenvalue weighted by atomic mass is 10.2. The molecular weight excluding hydrogens is 278 g/mol. The highest BCUT2D eigenvalue weighted by molar-refractivity contribution is 7.99. The first kappa shape index (κ1) is 13.0. The number of hydrogen-bond acceptors (Lipinski definition) is 7. The number of tetrazole rings is 1. The number of ether oxygens (including phenoxy) is 1. The second kappa shape index (κ2) is 5.58. The van der Waals surface area contributed by atoms with Gasteiger partial charge in [0.2, 0.25) is 5.16 Å². The molecule has 0 radical (unpaired) electrons. The number of carbonyl (C=O) groups is 1. The highest BCUT2D eigenvalue weighted by Gasteiger charge is 2.16. The van der Waals surface area contributed by atoms with Crippen LogP contribution in [0.25, 0.3) is 0 Å². The van der Waals surface area contributed by atoms with Crippen molar-refractivity contribution in [1.29, 1.82) is 0 Å². The minimum Gasteiger partial charge on any atom is -0.468 e. The first-order valence-electron chi connectivity index (χ1n) is 6.26. The van der Waals surface area contributed by atoms with Crippen molar-refractivity contribution in [3.8, 4) is 0 Å². The minimum absolute atomic E-state index is 0.00320. The molecule has 0 bridgehead atoms. The Labute approximate surface area is 119 Å². The number of pyridine rings is 1. The molecule has 0 aromatic carbocycles. The molecule has 0 aliphatic heterocycles. The van der Waals surface area contributed by atoms with Crippen LogP contribution in [-0.4, -0.2) is 38.3 Å². The van der Waals surface area contributed by atoms with Crippen molar-refractivity contribution in [3.05, 3.63) is 23.4 Å². The number of fused-ring (bicyclic) bond motifs is 1. The van der Waals surface area contributed by atoms with Gasteiger partial charge in [-0.2, -0.15) is 0 Å². The van der Waals surface area contributed by atoms with Gasteiger partial charge in [0.15, 0.2) is 0 Å². The summed E-state index contributed by atoms with van der Waals surface area (Å²) in [6.07, 6.45) is 3.29. The van der Waals surface area contributed by atoms with Crippen LogP contribution in [0.5, 0.6) is 0 Å². The minimum atomic E-state index is -0.388. The molecule has 0 fully saturated rings. The summed E-state index contributed by atoms with van der Waals surface area (Å²) in [6.45, 7) is -0.00320. The molecule has 8 heteroatoms. The molecule has 1 aliphatic rings. The maximum absolute atomic E-state index is 11.3. The van der Waals surface area contributed by atoms with E-state index < -0.39 is 0 Å². The van der Waals surface area contributed by atoms with Crippen LogP contribution in [0.2, 0.25) is 0 Å². The molecule has 0 saturated carbocycles. The van der Waals surface area contributed by atoms with Crippen LogP contribution in [0, 0.1) is 0 Å². The Hall–Kier alpha value is -1.96. The van der Waals surface area contributed by atoms with Gasteiger partial charge >= 0.3 is 5.97 Å². The second-order valence-electron chi connectivity index (χ2n) is 4.41. The SMILES string of the molecule is COC(=O)Cn1nnnc1Sc1ccc2c(n1)CCC2. The van der Waals surface area contributed by atoms with Crippen molar-refractivity contribution in [2.75, 3.05) is 7.11 Å². The lowest BCUT2D eigenvalue weighted by molar-refractivity contribution is -0.141. The molecule has 0 N–H and O–H groups in total. The number of nitrogens with zero attached hydrogens (tertiary/aromatic N) is 5. The van der Waals surface area contributed by atoms with E-state index >= 15 is 0 Å². The largest absolute Gasteiger partial charge is 0.468 e. The number of aryl methyl sites for hydroxylation is 2. The molecule has 1 aliphatic carbocycles. The Kier molecular flexibility index (Phi) is 3.64. The summed E-state index contributed by atoms with van der Waals surface area (Å²) >= 11 is 1.35. The van der Waals surface area contributed by atoms with Crippen molar-refractivity contribution in [2.45, 2.75) is 36.0 Å². The Morgan fingerprint density at radius 3 is 3.20 bits per heavy atom. The number of carbonyl (C=O) groups excluding carboxylic acids is 1. The van der Waals surface area contributed by atoms with Gasteiger partial charge in [0.05, 0.1) is 7.11 Å². The van der Waals surface area contributed by atoms with E-state index in [1.807, 2.05) is 6.07 Å². The fourth-order valence-corrected chi connectivity index (χ4v) is 2.87. The smallest absolute Gasteiger partial charge is 0.327 e. The predicted octanol–water partition coefficient (Wildman–Crippen LogP) is 0.881. The summed E-state index contributed by atoms with van der Waals surface area (Å²) in [4.78, 5) is 15.9. The highest BCUT2D eigenvalue weighted by Crippen LogP contribution is 2.27. The van der Waals surface area contributed by atoms with Gasteiger partial charge in [0.25, 0.3) is 0 Å². The maximum Gasteiger partial charge on any atom is 0.327 e. The monoisotopic (exact) mass is 291 g/mol. The molecule has 3 rings (SSSR count). The van der Waals surface area contributed by atoms with E-state index in [1.54, 1.807) is 0 Å². The fourth-order valence-electron chi connectivity index (χ4n) is 2.11. The van der Waals surface area contributed by atoms with Gasteiger partial charge in [0, 0.05) is 5.69 Å². The van der Waals surface area contributed by atoms with Crippen molar-refractivity contribution in [1.82, 2.24) is 25.2 Å². The van der Waals surface area contributed by atoms with Crippen LogP contribution < -0.4 is 0 Å². The number of aromatic nitrogens is 5. The van der Waals surface area contributed by atoms with Gasteiger partial charge in [-0.05, 0) is 53.1 Å². The van der Waals surface area contributed by atoms with Gasteiger partial charge in [-0.25, -0.2) is 9.67 Å². The van der Waals surface area contributed by atoms with Crippen LogP contribution in [0.1, 0.15) is 17.7 Å². The molecule has 20 heavy (non-hydrogen) atoms. The van der Waals surface area contributed by atoms with E-state index in [-0.39, 0.29) is 12.5 Å². The summed E-state index contributed by atoms with van der Waals surface area (Å²) in [5.74, 6) is -0.388. The van der Waals surface area contributed by atoms with E-state index in [0.29, 0.717) is 5.16 Å². The third kappa shape index (κ3) is 2.64. The molecule has 2 aromatic rings. The first-order chi connectivity index (χ1) is 9.76. The van der Waals surface area contributed by atoms with E-state index in [1.165, 1.54) is 29.1 Å². The van der Waals surface area contributed by atoms with Crippen LogP contribution in [0.3, 0.4) is 0 Å². The molecule has 0 atom stereocenters. The third-order valence-corrected chi connectivity index (χ3v) is 4.02. The van der Waals surface area contributed by atoms with Crippen molar-refractivity contribution < 1.29 is 9.53 Å². The number of methoxy groups -OCH3 is 1. The summed E-state index contributed by atoms with van der Waals surface area (Å²) < 4.78 is 6.02. The molecule has 2 heterocycles. The van der Waals surface area contributed by atoms with Gasteiger partial charge < -0.3 is 4.74 Å². The molecular formula is C12H13N5O2S.